The fraction of sp³-hybridized carbons (Fsp3) is 0.367. The van der Waals surface area contributed by atoms with Crippen LogP contribution >= 0.6 is 23.2 Å². The number of pyridine rings is 1. The summed E-state index contributed by atoms with van der Waals surface area (Å²) in [5, 5.41) is 4.05. The zero-order valence-corrected chi connectivity index (χ0v) is 22.9. The summed E-state index contributed by atoms with van der Waals surface area (Å²) in [5.74, 6) is 0.843. The van der Waals surface area contributed by atoms with Crippen LogP contribution < -0.4 is 10.1 Å². The molecule has 1 heterocycles. The summed E-state index contributed by atoms with van der Waals surface area (Å²) < 4.78 is 11.0. The maximum atomic E-state index is 12.9. The Labute approximate surface area is 233 Å². The molecule has 200 valence electrons. The Morgan fingerprint density at radius 1 is 0.974 bits per heavy atom. The molecule has 0 saturated heterocycles. The first-order valence-corrected chi connectivity index (χ1v) is 13.6. The highest BCUT2D eigenvalue weighted by Crippen LogP contribution is 2.29. The van der Waals surface area contributed by atoms with Gasteiger partial charge >= 0.3 is 5.97 Å². The number of hydrogen-bond donors (Lipinski definition) is 1. The number of nitrogens with zero attached hydrogens (tertiary/aromatic N) is 1. The number of nitrogens with one attached hydrogen (secondary N) is 1. The van der Waals surface area contributed by atoms with E-state index in [1.807, 2.05) is 42.5 Å². The molecule has 2 aromatic carbocycles. The SMILES string of the molecule is COC(=O)[C@@H](CC(=O)c1c(Cl)cccc1Cl)Cc1ccc(OCC2CCC(Nc3ccccn3)CC2)cc1. The van der Waals surface area contributed by atoms with Crippen molar-refractivity contribution in [2.24, 2.45) is 11.8 Å². The first-order valence-electron chi connectivity index (χ1n) is 12.9. The second-order valence-corrected chi connectivity index (χ2v) is 10.5. The number of rotatable bonds is 11. The fourth-order valence-electron chi connectivity index (χ4n) is 4.85. The minimum atomic E-state index is -0.651. The molecule has 1 aliphatic carbocycles. The van der Waals surface area contributed by atoms with Gasteiger partial charge in [0.25, 0.3) is 0 Å². The Kier molecular flexibility index (Phi) is 10.0. The zero-order chi connectivity index (χ0) is 26.9. The van der Waals surface area contributed by atoms with Crippen molar-refractivity contribution in [2.75, 3.05) is 19.0 Å². The molecule has 1 atom stereocenters. The molecule has 8 heteroatoms. The summed E-state index contributed by atoms with van der Waals surface area (Å²) in [6.45, 7) is 0.674. The number of methoxy groups -OCH3 is 1. The van der Waals surface area contributed by atoms with Gasteiger partial charge in [-0.2, -0.15) is 0 Å². The normalized spacial score (nSPS) is 17.9. The largest absolute Gasteiger partial charge is 0.493 e. The van der Waals surface area contributed by atoms with E-state index in [1.165, 1.54) is 7.11 Å². The number of ketones is 1. The predicted octanol–water partition coefficient (Wildman–Crippen LogP) is 7.04. The number of esters is 1. The smallest absolute Gasteiger partial charge is 0.309 e. The molecular formula is C30H32Cl2N2O4. The molecule has 0 radical (unpaired) electrons. The average molecular weight is 556 g/mol. The lowest BCUT2D eigenvalue weighted by atomic mass is 9.86. The van der Waals surface area contributed by atoms with Crippen LogP contribution in [0.1, 0.15) is 48.0 Å². The Hall–Kier alpha value is -3.09. The molecule has 0 aliphatic heterocycles. The molecule has 1 aliphatic rings. The number of hydrogen-bond acceptors (Lipinski definition) is 6. The van der Waals surface area contributed by atoms with Gasteiger partial charge in [-0.05, 0) is 80.0 Å². The molecule has 0 amide bonds. The van der Waals surface area contributed by atoms with Crippen LogP contribution in [0.25, 0.3) is 0 Å². The van der Waals surface area contributed by atoms with E-state index in [0.717, 1.165) is 42.8 Å². The van der Waals surface area contributed by atoms with Gasteiger partial charge in [-0.25, -0.2) is 4.98 Å². The molecule has 0 unspecified atom stereocenters. The lowest BCUT2D eigenvalue weighted by molar-refractivity contribution is -0.145. The van der Waals surface area contributed by atoms with Gasteiger partial charge < -0.3 is 14.8 Å². The van der Waals surface area contributed by atoms with E-state index in [1.54, 1.807) is 24.4 Å². The monoisotopic (exact) mass is 554 g/mol. The molecule has 1 aromatic heterocycles. The van der Waals surface area contributed by atoms with E-state index < -0.39 is 11.9 Å². The van der Waals surface area contributed by atoms with E-state index in [4.69, 9.17) is 32.7 Å². The molecule has 6 nitrogen and oxygen atoms in total. The summed E-state index contributed by atoms with van der Waals surface area (Å²) >= 11 is 12.4. The number of halogens is 2. The van der Waals surface area contributed by atoms with Crippen molar-refractivity contribution in [3.63, 3.8) is 0 Å². The van der Waals surface area contributed by atoms with Gasteiger partial charge in [0, 0.05) is 18.7 Å². The quantitative estimate of drug-likeness (QED) is 0.202. The van der Waals surface area contributed by atoms with Gasteiger partial charge in [0.15, 0.2) is 5.78 Å². The van der Waals surface area contributed by atoms with Crippen LogP contribution in [0.5, 0.6) is 5.75 Å². The molecule has 0 bridgehead atoms. The average Bonchev–Trinajstić information content (AvgIpc) is 2.93. The van der Waals surface area contributed by atoms with E-state index in [2.05, 4.69) is 10.3 Å². The highest BCUT2D eigenvalue weighted by Gasteiger charge is 2.26. The first-order chi connectivity index (χ1) is 18.4. The molecule has 3 aromatic rings. The van der Waals surface area contributed by atoms with Crippen LogP contribution in [0.3, 0.4) is 0 Å². The van der Waals surface area contributed by atoms with E-state index in [9.17, 15) is 9.59 Å². The summed E-state index contributed by atoms with van der Waals surface area (Å²) in [7, 11) is 1.32. The van der Waals surface area contributed by atoms with Crippen LogP contribution in [0.15, 0.2) is 66.9 Å². The van der Waals surface area contributed by atoms with Gasteiger partial charge in [0.1, 0.15) is 11.6 Å². The van der Waals surface area contributed by atoms with E-state index >= 15 is 0 Å². The number of aromatic nitrogens is 1. The van der Waals surface area contributed by atoms with Crippen LogP contribution in [0.2, 0.25) is 10.0 Å². The lowest BCUT2D eigenvalue weighted by Gasteiger charge is -2.29. The van der Waals surface area contributed by atoms with Crippen LogP contribution in [-0.2, 0) is 16.0 Å². The van der Waals surface area contributed by atoms with E-state index in [0.29, 0.717) is 25.0 Å². The standard InChI is InChI=1S/C30H32Cl2N2O4/c1-37-30(36)22(18-27(35)29-25(31)5-4-6-26(29)32)17-20-10-14-24(15-11-20)38-19-21-8-12-23(13-9-21)34-28-7-2-3-16-33-28/h2-7,10-11,14-16,21-23H,8-9,12-13,17-19H2,1H3,(H,33,34)/t21?,22-,23?/m1/s1. The van der Waals surface area contributed by atoms with Gasteiger partial charge in [0.2, 0.25) is 0 Å². The minimum absolute atomic E-state index is 0.0494. The third-order valence-electron chi connectivity index (χ3n) is 6.96. The van der Waals surface area contributed by atoms with Crippen molar-refractivity contribution in [3.05, 3.63) is 88.0 Å². The minimum Gasteiger partial charge on any atom is -0.493 e. The molecule has 1 N–H and O–H groups in total. The summed E-state index contributed by atoms with van der Waals surface area (Å²) in [4.78, 5) is 29.7. The van der Waals surface area contributed by atoms with Crippen molar-refractivity contribution in [1.29, 1.82) is 0 Å². The number of carbonyl (C=O) groups excluding carboxylic acids is 2. The highest BCUT2D eigenvalue weighted by atomic mass is 35.5. The summed E-state index contributed by atoms with van der Waals surface area (Å²) in [6, 6.07) is 18.9. The molecular weight excluding hydrogens is 523 g/mol. The highest BCUT2D eigenvalue weighted by molar-refractivity contribution is 6.39. The first kappa shape index (κ1) is 27.9. The van der Waals surface area contributed by atoms with Crippen molar-refractivity contribution < 1.29 is 19.1 Å². The van der Waals surface area contributed by atoms with E-state index in [-0.39, 0.29) is 27.8 Å². The van der Waals surface area contributed by atoms with Gasteiger partial charge in [-0.1, -0.05) is 47.5 Å². The second kappa shape index (κ2) is 13.6. The van der Waals surface area contributed by atoms with Crippen LogP contribution in [0.4, 0.5) is 5.82 Å². The number of carbonyl (C=O) groups is 2. The Bertz CT molecular complexity index is 1190. The summed E-state index contributed by atoms with van der Waals surface area (Å²) in [5.41, 5.74) is 1.14. The van der Waals surface area contributed by atoms with Gasteiger partial charge in [0.05, 0.1) is 35.2 Å². The zero-order valence-electron chi connectivity index (χ0n) is 21.4. The molecule has 1 fully saturated rings. The maximum Gasteiger partial charge on any atom is 0.309 e. The van der Waals surface area contributed by atoms with Crippen molar-refractivity contribution in [3.8, 4) is 5.75 Å². The Morgan fingerprint density at radius 3 is 2.32 bits per heavy atom. The predicted molar refractivity (Wildman–Crippen MR) is 150 cm³/mol. The molecule has 1 saturated carbocycles. The third kappa shape index (κ3) is 7.71. The Morgan fingerprint density at radius 2 is 1.68 bits per heavy atom. The fourth-order valence-corrected chi connectivity index (χ4v) is 5.45. The van der Waals surface area contributed by atoms with Crippen LogP contribution in [-0.4, -0.2) is 36.5 Å². The summed E-state index contributed by atoms with van der Waals surface area (Å²) in [6.07, 6.45) is 6.51. The topological polar surface area (TPSA) is 77.5 Å². The number of benzene rings is 2. The molecule has 38 heavy (non-hydrogen) atoms. The Balaban J connectivity index is 1.27. The van der Waals surface area contributed by atoms with Gasteiger partial charge in [-0.3, -0.25) is 9.59 Å². The maximum absolute atomic E-state index is 12.9. The van der Waals surface area contributed by atoms with Crippen LogP contribution in [0, 0.1) is 11.8 Å². The molecule has 4 rings (SSSR count). The number of anilines is 1. The third-order valence-corrected chi connectivity index (χ3v) is 7.59. The number of ether oxygens (including phenoxy) is 2. The number of Topliss-reactive ketones (excluding diaryl/α,β-unsaturated/α-hetero) is 1. The molecule has 0 spiro atoms. The van der Waals surface area contributed by atoms with Crippen molar-refractivity contribution in [1.82, 2.24) is 4.98 Å². The second-order valence-electron chi connectivity index (χ2n) is 9.68. The van der Waals surface area contributed by atoms with Crippen molar-refractivity contribution in [2.45, 2.75) is 44.6 Å². The lowest BCUT2D eigenvalue weighted by Crippen LogP contribution is -2.28. The van der Waals surface area contributed by atoms with Gasteiger partial charge in [-0.15, -0.1) is 0 Å². The van der Waals surface area contributed by atoms with Crippen molar-refractivity contribution >= 4 is 40.8 Å².